The Bertz CT molecular complexity index is 1760. The number of benzene rings is 3. The van der Waals surface area contributed by atoms with Crippen molar-refractivity contribution < 1.29 is 43.4 Å². The van der Waals surface area contributed by atoms with Crippen LogP contribution in [0.25, 0.3) is 11.6 Å². The number of ether oxygens (including phenoxy) is 6. The number of esters is 1. The number of hydrogen-bond donors (Lipinski definition) is 2. The van der Waals surface area contributed by atoms with Crippen LogP contribution in [-0.4, -0.2) is 56.0 Å². The van der Waals surface area contributed by atoms with Crippen LogP contribution in [0.1, 0.15) is 74.1 Å². The van der Waals surface area contributed by atoms with E-state index in [9.17, 15) is 15.0 Å². The smallest absolute Gasteiger partial charge is 0.302 e. The Labute approximate surface area is 281 Å². The highest BCUT2D eigenvalue weighted by atomic mass is 16.7. The molecule has 48 heavy (non-hydrogen) atoms. The average molecular weight is 657 g/mol. The van der Waals surface area contributed by atoms with Gasteiger partial charge in [0.1, 0.15) is 29.1 Å². The van der Waals surface area contributed by atoms with E-state index in [1.807, 2.05) is 30.3 Å². The minimum absolute atomic E-state index is 0.0298. The molecule has 9 nitrogen and oxygen atoms in total. The van der Waals surface area contributed by atoms with Crippen molar-refractivity contribution >= 4 is 17.6 Å². The third-order valence-corrected chi connectivity index (χ3v) is 11.4. The summed E-state index contributed by atoms with van der Waals surface area (Å²) in [6.07, 6.45) is 8.78. The number of carbonyl (C=O) groups excluding carboxylic acids is 1. The molecule has 0 saturated heterocycles. The van der Waals surface area contributed by atoms with Gasteiger partial charge in [0.15, 0.2) is 18.1 Å². The molecule has 2 saturated carbocycles. The number of phenolic OH excluding ortho intramolecular Hbond substituents is 1. The number of aliphatic hydroxyl groups is 1. The normalized spacial score (nSPS) is 28.8. The maximum Gasteiger partial charge on any atom is 0.302 e. The molecule has 2 N–H and O–H groups in total. The zero-order valence-corrected chi connectivity index (χ0v) is 28.2. The van der Waals surface area contributed by atoms with Gasteiger partial charge in [-0.05, 0) is 104 Å². The van der Waals surface area contributed by atoms with E-state index in [-0.39, 0.29) is 24.1 Å². The number of fused-ring (bicyclic) bond motifs is 9. The topological polar surface area (TPSA) is 113 Å². The summed E-state index contributed by atoms with van der Waals surface area (Å²) in [5.41, 5.74) is 5.12. The van der Waals surface area contributed by atoms with E-state index in [4.69, 9.17) is 28.4 Å². The van der Waals surface area contributed by atoms with Crippen molar-refractivity contribution in [1.29, 1.82) is 0 Å². The molecule has 9 heteroatoms. The first-order valence-corrected chi connectivity index (χ1v) is 16.8. The highest BCUT2D eigenvalue weighted by Gasteiger charge is 2.56. The largest absolute Gasteiger partial charge is 0.508 e. The minimum Gasteiger partial charge on any atom is -0.508 e. The highest BCUT2D eigenvalue weighted by molar-refractivity contribution is 5.92. The second kappa shape index (κ2) is 12.3. The van der Waals surface area contributed by atoms with E-state index in [1.54, 1.807) is 39.5 Å². The SMILES string of the molecule is CC(=O)OC1CCC2C3CCc4cc(O)ccc4C3CCC12C.COc1ccc2c(c1)OC1(O)COc3cc(OC)c(OC)cc3C1=C2. The van der Waals surface area contributed by atoms with Crippen molar-refractivity contribution in [3.63, 3.8) is 0 Å². The molecular formula is C39H44O9. The van der Waals surface area contributed by atoms with Crippen LogP contribution in [0, 0.1) is 17.3 Å². The number of aromatic hydroxyl groups is 1. The lowest BCUT2D eigenvalue weighted by molar-refractivity contribution is -0.154. The Morgan fingerprint density at radius 1 is 0.917 bits per heavy atom. The quantitative estimate of drug-likeness (QED) is 0.290. The van der Waals surface area contributed by atoms with Crippen molar-refractivity contribution in [1.82, 2.24) is 0 Å². The van der Waals surface area contributed by atoms with Gasteiger partial charge in [-0.25, -0.2) is 0 Å². The van der Waals surface area contributed by atoms with Gasteiger partial charge in [0, 0.05) is 41.2 Å². The van der Waals surface area contributed by atoms with Crippen molar-refractivity contribution in [2.75, 3.05) is 27.9 Å². The molecule has 0 bridgehead atoms. The summed E-state index contributed by atoms with van der Waals surface area (Å²) in [4.78, 5) is 11.4. The Kier molecular flexibility index (Phi) is 8.22. The van der Waals surface area contributed by atoms with Crippen LogP contribution in [0.3, 0.4) is 0 Å². The van der Waals surface area contributed by atoms with E-state index in [2.05, 4.69) is 13.0 Å². The Morgan fingerprint density at radius 2 is 1.71 bits per heavy atom. The maximum atomic E-state index is 11.4. The van der Waals surface area contributed by atoms with Crippen LogP contribution in [0.5, 0.6) is 34.5 Å². The number of aryl methyl sites for hydroxylation is 1. The molecule has 3 aromatic rings. The Morgan fingerprint density at radius 3 is 2.46 bits per heavy atom. The molecular weight excluding hydrogens is 612 g/mol. The first-order valence-electron chi connectivity index (χ1n) is 16.8. The van der Waals surface area contributed by atoms with E-state index in [0.717, 1.165) is 24.8 Å². The molecule has 3 aliphatic carbocycles. The number of phenols is 1. The summed E-state index contributed by atoms with van der Waals surface area (Å²) < 4.78 is 33.2. The molecule has 2 aliphatic heterocycles. The second-order valence-electron chi connectivity index (χ2n) is 13.9. The summed E-state index contributed by atoms with van der Waals surface area (Å²) in [5.74, 6) is 3.57. The molecule has 2 heterocycles. The second-order valence-corrected chi connectivity index (χ2v) is 13.9. The Hall–Kier alpha value is -4.37. The van der Waals surface area contributed by atoms with E-state index in [1.165, 1.54) is 37.3 Å². The predicted octanol–water partition coefficient (Wildman–Crippen LogP) is 6.91. The molecule has 6 atom stereocenters. The van der Waals surface area contributed by atoms with Gasteiger partial charge in [0.25, 0.3) is 5.79 Å². The van der Waals surface area contributed by atoms with Crippen molar-refractivity contribution in [3.8, 4) is 34.5 Å². The summed E-state index contributed by atoms with van der Waals surface area (Å²) in [6.45, 7) is 3.85. The summed E-state index contributed by atoms with van der Waals surface area (Å²) in [5, 5.41) is 20.8. The fourth-order valence-electron chi connectivity index (χ4n) is 9.03. The number of carbonyl (C=O) groups is 1. The average Bonchev–Trinajstić information content (AvgIpc) is 3.41. The number of methoxy groups -OCH3 is 3. The van der Waals surface area contributed by atoms with Crippen LogP contribution in [0.4, 0.5) is 0 Å². The molecule has 3 aromatic carbocycles. The van der Waals surface area contributed by atoms with Crippen molar-refractivity contribution in [3.05, 3.63) is 70.8 Å². The maximum absolute atomic E-state index is 11.4. The van der Waals surface area contributed by atoms with Crippen molar-refractivity contribution in [2.45, 2.75) is 70.2 Å². The first kappa shape index (κ1) is 32.2. The molecule has 8 rings (SSSR count). The van der Waals surface area contributed by atoms with Crippen LogP contribution >= 0.6 is 0 Å². The highest BCUT2D eigenvalue weighted by Crippen LogP contribution is 2.61. The van der Waals surface area contributed by atoms with Gasteiger partial charge in [-0.15, -0.1) is 0 Å². The summed E-state index contributed by atoms with van der Waals surface area (Å²) >= 11 is 0. The molecule has 0 radical (unpaired) electrons. The lowest BCUT2D eigenvalue weighted by atomic mass is 9.55. The molecule has 0 amide bonds. The third kappa shape index (κ3) is 5.42. The number of hydrogen-bond acceptors (Lipinski definition) is 9. The van der Waals surface area contributed by atoms with Gasteiger partial charge < -0.3 is 38.6 Å². The van der Waals surface area contributed by atoms with E-state index >= 15 is 0 Å². The number of rotatable bonds is 4. The predicted molar refractivity (Wildman–Crippen MR) is 180 cm³/mol. The minimum atomic E-state index is -1.58. The first-order chi connectivity index (χ1) is 23.1. The lowest BCUT2D eigenvalue weighted by Gasteiger charge is -2.50. The molecule has 5 aliphatic rings. The third-order valence-electron chi connectivity index (χ3n) is 11.4. The molecule has 0 aromatic heterocycles. The van der Waals surface area contributed by atoms with Crippen LogP contribution in [0.2, 0.25) is 0 Å². The van der Waals surface area contributed by atoms with Gasteiger partial charge in [0.2, 0.25) is 0 Å². The zero-order valence-electron chi connectivity index (χ0n) is 28.2. The van der Waals surface area contributed by atoms with Crippen LogP contribution in [-0.2, 0) is 16.0 Å². The van der Waals surface area contributed by atoms with Gasteiger partial charge in [0.05, 0.1) is 21.3 Å². The van der Waals surface area contributed by atoms with Gasteiger partial charge in [-0.2, -0.15) is 0 Å². The van der Waals surface area contributed by atoms with Crippen LogP contribution < -0.4 is 23.7 Å². The van der Waals surface area contributed by atoms with E-state index in [0.29, 0.717) is 63.4 Å². The standard InChI is InChI=1S/C20H26O3.C19H18O6/c1-12(21)23-19-8-7-18-17-5-3-13-11-14(22)4-6-15(13)16(17)9-10-20(18,19)2;1-21-12-5-4-11-6-14-13-8-17(22-2)18(23-3)9-16(13)24-10-19(14,20)25-15(11)7-12/h4,6,11,16-19,22H,3,5,7-10H2,1-2H3;4-9,20H,10H2,1-3H3. The fourth-order valence-corrected chi connectivity index (χ4v) is 9.03. The molecule has 2 fully saturated rings. The van der Waals surface area contributed by atoms with Crippen molar-refractivity contribution in [2.24, 2.45) is 17.3 Å². The Balaban J connectivity index is 0.000000152. The fraction of sp³-hybridized carbons (Fsp3) is 0.462. The summed E-state index contributed by atoms with van der Waals surface area (Å²) in [7, 11) is 4.71. The molecule has 6 unspecified atom stereocenters. The zero-order chi connectivity index (χ0) is 33.8. The van der Waals surface area contributed by atoms with E-state index < -0.39 is 5.79 Å². The molecule has 254 valence electrons. The monoisotopic (exact) mass is 656 g/mol. The van der Waals surface area contributed by atoms with Gasteiger partial charge >= 0.3 is 5.97 Å². The lowest BCUT2D eigenvalue weighted by Crippen LogP contribution is -2.47. The van der Waals surface area contributed by atoms with Crippen LogP contribution in [0.15, 0.2) is 48.5 Å². The molecule has 0 spiro atoms. The van der Waals surface area contributed by atoms with Gasteiger partial charge in [-0.1, -0.05) is 13.0 Å². The summed E-state index contributed by atoms with van der Waals surface area (Å²) in [6, 6.07) is 14.9. The van der Waals surface area contributed by atoms with Gasteiger partial charge in [-0.3, -0.25) is 4.79 Å².